The quantitative estimate of drug-likeness (QED) is 0.687. The van der Waals surface area contributed by atoms with E-state index in [1.807, 2.05) is 60.8 Å². The number of aliphatic hydroxyl groups is 1. The number of thioether (sulfide) groups is 1. The lowest BCUT2D eigenvalue weighted by molar-refractivity contribution is 0.322. The van der Waals surface area contributed by atoms with E-state index >= 15 is 0 Å². The van der Waals surface area contributed by atoms with Gasteiger partial charge in [0, 0.05) is 26.9 Å². The van der Waals surface area contributed by atoms with Gasteiger partial charge in [0.15, 0.2) is 11.5 Å². The fourth-order valence-electron chi connectivity index (χ4n) is 1.98. The smallest absolute Gasteiger partial charge is 0.169 e. The number of nitrogens with zero attached hydrogens (tertiary/aromatic N) is 3. The largest absolute Gasteiger partial charge is 0.396 e. The van der Waals surface area contributed by atoms with E-state index < -0.39 is 0 Å². The Labute approximate surface area is 142 Å². The zero-order chi connectivity index (χ0) is 15.9. The summed E-state index contributed by atoms with van der Waals surface area (Å²) >= 11 is 5.08. The van der Waals surface area contributed by atoms with Crippen LogP contribution in [0.25, 0.3) is 17.0 Å². The fourth-order valence-corrected chi connectivity index (χ4v) is 3.12. The monoisotopic (exact) mass is 379 g/mol. The standard InChI is InChI=1S/C14H12BrN3OS.C2H6/c15-10-5-6-13-16-17-14(18(13)9-10)11-3-1-2-4-12(11)20-8-7-19;1-2/h1-6,9,19H,7-8H2;1-2H3. The Balaban J connectivity index is 0.000000847. The third-order valence-corrected chi connectivity index (χ3v) is 4.37. The molecule has 22 heavy (non-hydrogen) atoms. The number of benzene rings is 1. The first-order chi connectivity index (χ1) is 10.8. The molecule has 1 N–H and O–H groups in total. The molecule has 3 aromatic rings. The van der Waals surface area contributed by atoms with Crippen molar-refractivity contribution < 1.29 is 5.11 Å². The molecule has 4 nitrogen and oxygen atoms in total. The summed E-state index contributed by atoms with van der Waals surface area (Å²) < 4.78 is 2.94. The summed E-state index contributed by atoms with van der Waals surface area (Å²) in [6, 6.07) is 11.9. The van der Waals surface area contributed by atoms with Gasteiger partial charge in [-0.05, 0) is 34.1 Å². The topological polar surface area (TPSA) is 50.4 Å². The Morgan fingerprint density at radius 2 is 1.91 bits per heavy atom. The summed E-state index contributed by atoms with van der Waals surface area (Å²) in [4.78, 5) is 1.09. The van der Waals surface area contributed by atoms with Crippen molar-refractivity contribution >= 4 is 33.3 Å². The zero-order valence-electron chi connectivity index (χ0n) is 12.5. The molecule has 0 saturated carbocycles. The predicted octanol–water partition coefficient (Wildman–Crippen LogP) is 4.27. The molecule has 0 aliphatic rings. The van der Waals surface area contributed by atoms with Crippen LogP contribution in [0.2, 0.25) is 0 Å². The molecule has 1 aromatic carbocycles. The van der Waals surface area contributed by atoms with E-state index in [4.69, 9.17) is 5.11 Å². The van der Waals surface area contributed by atoms with Gasteiger partial charge in [0.25, 0.3) is 0 Å². The van der Waals surface area contributed by atoms with Crippen LogP contribution in [0, 0.1) is 0 Å². The molecule has 2 heterocycles. The number of aliphatic hydroxyl groups excluding tert-OH is 1. The summed E-state index contributed by atoms with van der Waals surface area (Å²) in [5, 5.41) is 17.5. The Morgan fingerprint density at radius 1 is 1.14 bits per heavy atom. The first-order valence-electron chi connectivity index (χ1n) is 7.13. The molecule has 0 spiro atoms. The molecule has 0 atom stereocenters. The second-order valence-corrected chi connectivity index (χ2v) is 6.22. The third kappa shape index (κ3) is 3.69. The fraction of sp³-hybridized carbons (Fsp3) is 0.250. The summed E-state index contributed by atoms with van der Waals surface area (Å²) in [7, 11) is 0. The first kappa shape index (κ1) is 17.0. The molecular weight excluding hydrogens is 362 g/mol. The lowest BCUT2D eigenvalue weighted by atomic mass is 10.2. The van der Waals surface area contributed by atoms with Gasteiger partial charge in [-0.3, -0.25) is 4.40 Å². The van der Waals surface area contributed by atoms with Gasteiger partial charge in [-0.15, -0.1) is 22.0 Å². The van der Waals surface area contributed by atoms with Crippen LogP contribution < -0.4 is 0 Å². The van der Waals surface area contributed by atoms with Crippen molar-refractivity contribution in [3.8, 4) is 11.4 Å². The second kappa shape index (κ2) is 8.31. The van der Waals surface area contributed by atoms with E-state index in [1.54, 1.807) is 11.8 Å². The van der Waals surface area contributed by atoms with Crippen molar-refractivity contribution in [2.24, 2.45) is 0 Å². The van der Waals surface area contributed by atoms with Gasteiger partial charge in [0.1, 0.15) is 0 Å². The maximum atomic E-state index is 9.00. The van der Waals surface area contributed by atoms with E-state index in [0.717, 1.165) is 26.4 Å². The van der Waals surface area contributed by atoms with Crippen LogP contribution in [0.4, 0.5) is 0 Å². The number of halogens is 1. The number of fused-ring (bicyclic) bond motifs is 1. The van der Waals surface area contributed by atoms with Crippen LogP contribution in [0.1, 0.15) is 13.8 Å². The summed E-state index contributed by atoms with van der Waals surface area (Å²) in [6.45, 7) is 4.16. The molecule has 0 aliphatic carbocycles. The van der Waals surface area contributed by atoms with E-state index in [2.05, 4.69) is 26.1 Å². The normalized spacial score (nSPS) is 10.4. The Bertz CT molecular complexity index is 745. The Morgan fingerprint density at radius 3 is 2.68 bits per heavy atom. The molecule has 2 aromatic heterocycles. The van der Waals surface area contributed by atoms with Crippen molar-refractivity contribution in [2.45, 2.75) is 18.7 Å². The van der Waals surface area contributed by atoms with Gasteiger partial charge in [0.05, 0.1) is 6.61 Å². The number of pyridine rings is 1. The second-order valence-electron chi connectivity index (χ2n) is 4.17. The van der Waals surface area contributed by atoms with Crippen molar-refractivity contribution in [3.63, 3.8) is 0 Å². The zero-order valence-corrected chi connectivity index (χ0v) is 14.9. The Hall–Kier alpha value is -1.37. The van der Waals surface area contributed by atoms with Crippen molar-refractivity contribution in [1.82, 2.24) is 14.6 Å². The number of aromatic nitrogens is 3. The van der Waals surface area contributed by atoms with Gasteiger partial charge in [0.2, 0.25) is 0 Å². The molecular formula is C16H18BrN3OS. The van der Waals surface area contributed by atoms with E-state index in [-0.39, 0.29) is 6.61 Å². The van der Waals surface area contributed by atoms with E-state index in [9.17, 15) is 0 Å². The average Bonchev–Trinajstić information content (AvgIpc) is 2.98. The summed E-state index contributed by atoms with van der Waals surface area (Å²) in [6.07, 6.45) is 1.96. The molecule has 0 amide bonds. The highest BCUT2D eigenvalue weighted by Gasteiger charge is 2.12. The molecule has 0 bridgehead atoms. The highest BCUT2D eigenvalue weighted by molar-refractivity contribution is 9.10. The molecule has 0 unspecified atom stereocenters. The van der Waals surface area contributed by atoms with Crippen LogP contribution in [0.3, 0.4) is 0 Å². The lowest BCUT2D eigenvalue weighted by Crippen LogP contribution is -1.93. The summed E-state index contributed by atoms with van der Waals surface area (Å²) in [5.41, 5.74) is 1.83. The molecule has 116 valence electrons. The maximum absolute atomic E-state index is 9.00. The van der Waals surface area contributed by atoms with Gasteiger partial charge >= 0.3 is 0 Å². The predicted molar refractivity (Wildman–Crippen MR) is 95.3 cm³/mol. The van der Waals surface area contributed by atoms with Crippen LogP contribution in [-0.4, -0.2) is 32.1 Å². The molecule has 0 fully saturated rings. The minimum absolute atomic E-state index is 0.158. The van der Waals surface area contributed by atoms with E-state index in [0.29, 0.717) is 5.75 Å². The number of hydrogen-bond donors (Lipinski definition) is 1. The van der Waals surface area contributed by atoms with Crippen molar-refractivity contribution in [3.05, 3.63) is 47.1 Å². The summed E-state index contributed by atoms with van der Waals surface area (Å²) in [5.74, 6) is 1.47. The molecule has 0 saturated heterocycles. The Kier molecular flexibility index (Phi) is 6.42. The molecule has 0 radical (unpaired) electrons. The molecule has 0 aliphatic heterocycles. The van der Waals surface area contributed by atoms with Gasteiger partial charge in [-0.1, -0.05) is 32.0 Å². The number of hydrogen-bond acceptors (Lipinski definition) is 4. The minimum atomic E-state index is 0.158. The van der Waals surface area contributed by atoms with Gasteiger partial charge < -0.3 is 5.11 Å². The van der Waals surface area contributed by atoms with Crippen molar-refractivity contribution in [2.75, 3.05) is 12.4 Å². The van der Waals surface area contributed by atoms with Crippen LogP contribution in [-0.2, 0) is 0 Å². The third-order valence-electron chi connectivity index (χ3n) is 2.84. The van der Waals surface area contributed by atoms with Crippen LogP contribution in [0.5, 0.6) is 0 Å². The van der Waals surface area contributed by atoms with Crippen LogP contribution >= 0.6 is 27.7 Å². The van der Waals surface area contributed by atoms with Gasteiger partial charge in [-0.25, -0.2) is 0 Å². The maximum Gasteiger partial charge on any atom is 0.169 e. The molecule has 6 heteroatoms. The average molecular weight is 380 g/mol. The van der Waals surface area contributed by atoms with Crippen molar-refractivity contribution in [1.29, 1.82) is 0 Å². The highest BCUT2D eigenvalue weighted by Crippen LogP contribution is 2.30. The van der Waals surface area contributed by atoms with Crippen LogP contribution in [0.15, 0.2) is 52.0 Å². The SMILES string of the molecule is CC.OCCSc1ccccc1-c1nnc2ccc(Br)cn12. The number of rotatable bonds is 4. The first-order valence-corrected chi connectivity index (χ1v) is 8.91. The van der Waals surface area contributed by atoms with Gasteiger partial charge in [-0.2, -0.15) is 0 Å². The minimum Gasteiger partial charge on any atom is -0.396 e. The lowest BCUT2D eigenvalue weighted by Gasteiger charge is -2.07. The molecule has 3 rings (SSSR count). The van der Waals surface area contributed by atoms with E-state index in [1.165, 1.54) is 0 Å². The highest BCUT2D eigenvalue weighted by atomic mass is 79.9.